The van der Waals surface area contributed by atoms with Gasteiger partial charge in [-0.25, -0.2) is 23.1 Å². The van der Waals surface area contributed by atoms with Crippen LogP contribution < -0.4 is 15.4 Å². The second-order valence-electron chi connectivity index (χ2n) is 8.30. The van der Waals surface area contributed by atoms with Crippen molar-refractivity contribution in [3.05, 3.63) is 30.1 Å². The lowest BCUT2D eigenvalue weighted by atomic mass is 10.1. The first kappa shape index (κ1) is 21.4. The zero-order chi connectivity index (χ0) is 22.2. The summed E-state index contributed by atoms with van der Waals surface area (Å²) in [5.41, 5.74) is 0.844. The summed E-state index contributed by atoms with van der Waals surface area (Å²) in [6.45, 7) is 5.34. The van der Waals surface area contributed by atoms with Gasteiger partial charge in [-0.1, -0.05) is 0 Å². The predicted octanol–water partition coefficient (Wildman–Crippen LogP) is 4.18. The van der Waals surface area contributed by atoms with Crippen LogP contribution in [-0.4, -0.2) is 40.5 Å². The molecule has 3 aromatic heterocycles. The van der Waals surface area contributed by atoms with Crippen molar-refractivity contribution < 1.29 is 18.9 Å². The number of sulfonamides is 1. The molecule has 172 valence electrons. The van der Waals surface area contributed by atoms with E-state index in [9.17, 15) is 13.2 Å². The highest BCUT2D eigenvalue weighted by Crippen LogP contribution is 2.40. The van der Waals surface area contributed by atoms with Gasteiger partial charge in [-0.2, -0.15) is 5.10 Å². The van der Waals surface area contributed by atoms with E-state index in [1.807, 2.05) is 6.07 Å². The summed E-state index contributed by atoms with van der Waals surface area (Å²) < 4.78 is 28.0. The minimum Gasteiger partial charge on any atom is -0.324 e. The molecule has 3 aromatic rings. The van der Waals surface area contributed by atoms with Crippen LogP contribution in [0.4, 0.5) is 17.3 Å². The van der Waals surface area contributed by atoms with Crippen molar-refractivity contribution in [1.29, 1.82) is 0 Å². The number of nitrogens with one attached hydrogen (secondary N) is 4. The van der Waals surface area contributed by atoms with E-state index in [4.69, 9.17) is 0 Å². The molecule has 0 bridgehead atoms. The molecule has 31 heavy (non-hydrogen) atoms. The third-order valence-corrected chi connectivity index (χ3v) is 7.70. The van der Waals surface area contributed by atoms with Crippen molar-refractivity contribution in [1.82, 2.24) is 24.9 Å². The van der Waals surface area contributed by atoms with E-state index in [0.717, 1.165) is 29.9 Å². The summed E-state index contributed by atoms with van der Waals surface area (Å²) in [5, 5.41) is 12.9. The van der Waals surface area contributed by atoms with Crippen LogP contribution in [0.15, 0.2) is 28.6 Å². The zero-order valence-corrected chi connectivity index (χ0v) is 18.9. The van der Waals surface area contributed by atoms with Gasteiger partial charge in [0.1, 0.15) is 9.90 Å². The van der Waals surface area contributed by atoms with E-state index in [0.29, 0.717) is 40.4 Å². The van der Waals surface area contributed by atoms with Crippen LogP contribution in [-0.2, 0) is 14.8 Å². The smallest absolute Gasteiger partial charge is 0.250 e. The van der Waals surface area contributed by atoms with Gasteiger partial charge in [-0.15, -0.1) is 11.3 Å². The Kier molecular flexibility index (Phi) is 5.54. The summed E-state index contributed by atoms with van der Waals surface area (Å²) in [6.07, 6.45) is 4.29. The molecule has 0 atom stereocenters. The largest absolute Gasteiger partial charge is 0.324 e. The summed E-state index contributed by atoms with van der Waals surface area (Å²) in [7, 11) is -3.66. The van der Waals surface area contributed by atoms with Gasteiger partial charge < -0.3 is 10.6 Å². The predicted molar refractivity (Wildman–Crippen MR) is 127 cm³/mol. The van der Waals surface area contributed by atoms with E-state index >= 15 is 0 Å². The van der Waals surface area contributed by atoms with Gasteiger partial charge in [-0.05, 0) is 45.7 Å². The molecule has 4 N–H and O–H groups in total. The number of hydrogen-bond acceptors (Lipinski definition) is 8. The number of amides is 1. The van der Waals surface area contributed by atoms with Crippen molar-refractivity contribution >= 4 is 45.1 Å². The average molecular weight is 470 g/mol. The van der Waals surface area contributed by atoms with Gasteiger partial charge in [0.15, 0.2) is 17.5 Å². The third kappa shape index (κ3) is 5.09. The fourth-order valence-corrected chi connectivity index (χ4v) is 5.59. The molecule has 1 fully saturated rings. The van der Waals surface area contributed by atoms with Gasteiger partial charge in [0.2, 0.25) is 6.41 Å². The zero-order valence-electron chi connectivity index (χ0n) is 17.3. The van der Waals surface area contributed by atoms with E-state index in [-0.39, 0.29) is 9.92 Å². The highest BCUT2D eigenvalue weighted by molar-refractivity contribution is 7.91. The monoisotopic (exact) mass is 469 g/mol. The number of H-pyrrole nitrogens is 1. The van der Waals surface area contributed by atoms with Gasteiger partial charge in [0.25, 0.3) is 10.0 Å². The second kappa shape index (κ2) is 8.02. The molecule has 0 spiro atoms. The molecule has 3 heterocycles. The normalized spacial score (nSPS) is 14.4. The van der Waals surface area contributed by atoms with E-state index < -0.39 is 15.6 Å². The van der Waals surface area contributed by atoms with Crippen LogP contribution in [0, 0.1) is 0 Å². The summed E-state index contributed by atoms with van der Waals surface area (Å²) in [5.74, 6) is 1.78. The number of aromatic nitrogens is 4. The van der Waals surface area contributed by atoms with Crippen LogP contribution in [0.3, 0.4) is 0 Å². The molecule has 1 aliphatic carbocycles. The fraction of sp³-hybridized carbons (Fsp3) is 0.368. The third-order valence-electron chi connectivity index (χ3n) is 4.37. The van der Waals surface area contributed by atoms with Crippen LogP contribution in [0.5, 0.6) is 0 Å². The Hall–Kier alpha value is -2.83. The first-order valence-corrected chi connectivity index (χ1v) is 12.0. The molecule has 0 saturated heterocycles. The summed E-state index contributed by atoms with van der Waals surface area (Å²) in [4.78, 5) is 20.3. The van der Waals surface area contributed by atoms with Crippen LogP contribution in [0.2, 0.25) is 0 Å². The Morgan fingerprint density at radius 1 is 1.29 bits per heavy atom. The molecule has 10 nitrogen and oxygen atoms in total. The molecule has 1 amide bonds. The molecule has 12 heteroatoms. The van der Waals surface area contributed by atoms with E-state index in [2.05, 4.69) is 35.5 Å². The Morgan fingerprint density at radius 3 is 2.74 bits per heavy atom. The first-order chi connectivity index (χ1) is 14.6. The molecule has 0 unspecified atom stereocenters. The molecule has 0 radical (unpaired) electrons. The highest BCUT2D eigenvalue weighted by Gasteiger charge is 2.26. The average Bonchev–Trinajstić information content (AvgIpc) is 3.21. The summed E-state index contributed by atoms with van der Waals surface area (Å²) in [6, 6.07) is 5.10. The van der Waals surface area contributed by atoms with Crippen molar-refractivity contribution in [2.45, 2.75) is 49.3 Å². The molecular formula is C19H31N7O3S2. The highest BCUT2D eigenvalue weighted by atomic mass is 32.2. The Balaban J connectivity index is 0.00000289. The number of nitrogens with zero attached hydrogens (tertiary/aromatic N) is 3. The standard InChI is InChI=1S/C19H23N7O3S2.4H2/c1-19(2,3)26-31(28,29)16-7-6-14(30-16)18-20-9-13(21-10-27)17(23-18)22-15-8-12(24-25-15)11-4-5-11;;;;/h6-11,26H,4-5H2,1-3H3,(H,21,27)(H2,20,22,23,24,25);4*1H. The topological polar surface area (TPSA) is 142 Å². The van der Waals surface area contributed by atoms with Crippen LogP contribution in [0.1, 0.15) is 50.9 Å². The number of anilines is 3. The molecule has 1 saturated carbocycles. The lowest BCUT2D eigenvalue weighted by Crippen LogP contribution is -2.40. The molecule has 0 aliphatic heterocycles. The Labute approximate surface area is 189 Å². The fourth-order valence-electron chi connectivity index (χ4n) is 2.93. The van der Waals surface area contributed by atoms with E-state index in [1.165, 1.54) is 12.3 Å². The van der Waals surface area contributed by atoms with Crippen molar-refractivity contribution in [2.24, 2.45) is 0 Å². The van der Waals surface area contributed by atoms with Gasteiger partial charge >= 0.3 is 0 Å². The molecule has 0 aromatic carbocycles. The molecule has 1 aliphatic rings. The minimum absolute atomic E-state index is 0. The van der Waals surface area contributed by atoms with Gasteiger partial charge in [-0.3, -0.25) is 9.89 Å². The number of carbonyl (C=O) groups excluding carboxylic acids is 1. The SMILES string of the molecule is CC(C)(C)NS(=O)(=O)c1ccc(-c2ncc(NC=O)c(Nc3cc(C4CC4)[nH]n3)n2)s1.[HH].[HH].[HH].[HH]. The maximum absolute atomic E-state index is 12.6. The molecule has 4 rings (SSSR count). The van der Waals surface area contributed by atoms with Crippen molar-refractivity contribution in [3.63, 3.8) is 0 Å². The number of aromatic amines is 1. The van der Waals surface area contributed by atoms with E-state index in [1.54, 1.807) is 26.8 Å². The molecular weight excluding hydrogens is 438 g/mol. The lowest BCUT2D eigenvalue weighted by Gasteiger charge is -2.19. The maximum atomic E-state index is 12.6. The minimum atomic E-state index is -3.66. The van der Waals surface area contributed by atoms with Crippen molar-refractivity contribution in [2.75, 3.05) is 10.6 Å². The Bertz CT molecular complexity index is 1230. The number of rotatable bonds is 8. The van der Waals surface area contributed by atoms with Crippen LogP contribution >= 0.6 is 11.3 Å². The number of thiophene rings is 1. The quantitative estimate of drug-likeness (QED) is 0.363. The number of carbonyl (C=O) groups is 1. The van der Waals surface area contributed by atoms with Gasteiger partial charge in [0.05, 0.1) is 11.1 Å². The van der Waals surface area contributed by atoms with Gasteiger partial charge in [0, 0.05) is 28.9 Å². The number of hydrogen-bond donors (Lipinski definition) is 4. The lowest BCUT2D eigenvalue weighted by molar-refractivity contribution is -0.105. The second-order valence-corrected chi connectivity index (χ2v) is 11.3. The summed E-state index contributed by atoms with van der Waals surface area (Å²) >= 11 is 1.07. The maximum Gasteiger partial charge on any atom is 0.250 e. The van der Waals surface area contributed by atoms with Crippen molar-refractivity contribution in [3.8, 4) is 10.7 Å². The Morgan fingerprint density at radius 2 is 2.06 bits per heavy atom. The first-order valence-electron chi connectivity index (χ1n) is 9.68. The van der Waals surface area contributed by atoms with Crippen LogP contribution in [0.25, 0.3) is 10.7 Å².